The normalized spacial score (nSPS) is 10.2. The lowest BCUT2D eigenvalue weighted by Crippen LogP contribution is -2.09. The van der Waals surface area contributed by atoms with Crippen LogP contribution in [0.4, 0.5) is 11.6 Å². The molecular weight excluding hydrogens is 238 g/mol. The first-order valence-electron chi connectivity index (χ1n) is 6.50. The Morgan fingerprint density at radius 3 is 2.63 bits per heavy atom. The molecule has 0 aliphatic rings. The summed E-state index contributed by atoms with van der Waals surface area (Å²) in [5.41, 5.74) is 1.22. The van der Waals surface area contributed by atoms with Gasteiger partial charge in [0.15, 0.2) is 0 Å². The first-order valence-corrected chi connectivity index (χ1v) is 6.50. The van der Waals surface area contributed by atoms with Crippen molar-refractivity contribution in [3.8, 4) is 0 Å². The van der Waals surface area contributed by atoms with Crippen molar-refractivity contribution in [3.63, 3.8) is 0 Å². The van der Waals surface area contributed by atoms with Crippen molar-refractivity contribution in [2.45, 2.75) is 20.3 Å². The van der Waals surface area contributed by atoms with Crippen LogP contribution in [0.3, 0.4) is 0 Å². The standard InChI is InChI=1S/C14H19N5/c1-3-16-13-9-14(19-11(2)18-13)17-8-6-12-5-4-7-15-10-12/h4-5,7,9-10H,3,6,8H2,1-2H3,(H2,16,17,18,19). The van der Waals surface area contributed by atoms with E-state index in [1.807, 2.05) is 32.2 Å². The van der Waals surface area contributed by atoms with Gasteiger partial charge in [-0.2, -0.15) is 0 Å². The highest BCUT2D eigenvalue weighted by Gasteiger charge is 2.00. The average Bonchev–Trinajstić information content (AvgIpc) is 2.40. The van der Waals surface area contributed by atoms with Gasteiger partial charge in [0, 0.05) is 31.5 Å². The lowest BCUT2D eigenvalue weighted by Gasteiger charge is -2.09. The van der Waals surface area contributed by atoms with E-state index in [9.17, 15) is 0 Å². The molecule has 2 aromatic heterocycles. The maximum Gasteiger partial charge on any atom is 0.131 e. The van der Waals surface area contributed by atoms with Gasteiger partial charge in [0.25, 0.3) is 0 Å². The second-order valence-corrected chi connectivity index (χ2v) is 4.25. The highest BCUT2D eigenvalue weighted by molar-refractivity contribution is 5.47. The van der Waals surface area contributed by atoms with E-state index in [1.54, 1.807) is 6.20 Å². The molecule has 0 spiro atoms. The SMILES string of the molecule is CCNc1cc(NCCc2cccnc2)nc(C)n1. The first kappa shape index (κ1) is 13.3. The van der Waals surface area contributed by atoms with E-state index in [2.05, 4.69) is 31.7 Å². The zero-order chi connectivity index (χ0) is 13.5. The number of nitrogens with zero attached hydrogens (tertiary/aromatic N) is 3. The summed E-state index contributed by atoms with van der Waals surface area (Å²) in [6, 6.07) is 5.96. The smallest absolute Gasteiger partial charge is 0.131 e. The molecule has 0 aliphatic carbocycles. The van der Waals surface area contributed by atoms with Crippen LogP contribution < -0.4 is 10.6 Å². The van der Waals surface area contributed by atoms with E-state index in [0.29, 0.717) is 0 Å². The second kappa shape index (κ2) is 6.68. The van der Waals surface area contributed by atoms with E-state index >= 15 is 0 Å². The predicted octanol–water partition coefficient (Wildman–Crippen LogP) is 2.27. The zero-order valence-corrected chi connectivity index (χ0v) is 11.3. The number of anilines is 2. The molecule has 0 bridgehead atoms. The molecule has 0 radical (unpaired) electrons. The quantitative estimate of drug-likeness (QED) is 0.831. The van der Waals surface area contributed by atoms with Crippen LogP contribution in [-0.4, -0.2) is 28.0 Å². The summed E-state index contributed by atoms with van der Waals surface area (Å²) in [6.45, 7) is 5.62. The molecule has 2 rings (SSSR count). The molecule has 100 valence electrons. The van der Waals surface area contributed by atoms with E-state index in [4.69, 9.17) is 0 Å². The van der Waals surface area contributed by atoms with Gasteiger partial charge >= 0.3 is 0 Å². The number of aromatic nitrogens is 3. The molecule has 0 aromatic carbocycles. The van der Waals surface area contributed by atoms with Gasteiger partial charge in [-0.1, -0.05) is 6.07 Å². The highest BCUT2D eigenvalue weighted by atomic mass is 15.1. The van der Waals surface area contributed by atoms with Gasteiger partial charge in [-0.15, -0.1) is 0 Å². The van der Waals surface area contributed by atoms with Gasteiger partial charge in [-0.05, 0) is 31.9 Å². The Bertz CT molecular complexity index is 512. The molecular formula is C14H19N5. The van der Waals surface area contributed by atoms with E-state index in [0.717, 1.165) is 37.0 Å². The van der Waals surface area contributed by atoms with Crippen molar-refractivity contribution in [2.24, 2.45) is 0 Å². The van der Waals surface area contributed by atoms with Crippen LogP contribution in [0.5, 0.6) is 0 Å². The molecule has 0 saturated heterocycles. The van der Waals surface area contributed by atoms with Crippen LogP contribution in [-0.2, 0) is 6.42 Å². The van der Waals surface area contributed by atoms with Crippen LogP contribution in [0.2, 0.25) is 0 Å². The largest absolute Gasteiger partial charge is 0.370 e. The summed E-state index contributed by atoms with van der Waals surface area (Å²) < 4.78 is 0. The van der Waals surface area contributed by atoms with Gasteiger partial charge in [0.2, 0.25) is 0 Å². The Kier molecular flexibility index (Phi) is 4.66. The third kappa shape index (κ3) is 4.21. The minimum Gasteiger partial charge on any atom is -0.370 e. The van der Waals surface area contributed by atoms with Gasteiger partial charge in [-0.25, -0.2) is 9.97 Å². The molecule has 2 N–H and O–H groups in total. The van der Waals surface area contributed by atoms with Gasteiger partial charge in [0.1, 0.15) is 17.5 Å². The summed E-state index contributed by atoms with van der Waals surface area (Å²) in [6.07, 6.45) is 4.60. The van der Waals surface area contributed by atoms with Crippen LogP contribution >= 0.6 is 0 Å². The Hall–Kier alpha value is -2.17. The molecule has 0 saturated carbocycles. The lowest BCUT2D eigenvalue weighted by atomic mass is 10.2. The number of pyridine rings is 1. The van der Waals surface area contributed by atoms with Gasteiger partial charge in [-0.3, -0.25) is 4.98 Å². The Morgan fingerprint density at radius 1 is 1.16 bits per heavy atom. The molecule has 0 atom stereocenters. The molecule has 5 nitrogen and oxygen atoms in total. The first-order chi connectivity index (χ1) is 9.28. The van der Waals surface area contributed by atoms with Crippen LogP contribution in [0, 0.1) is 6.92 Å². The maximum atomic E-state index is 4.37. The van der Waals surface area contributed by atoms with E-state index in [-0.39, 0.29) is 0 Å². The molecule has 0 amide bonds. The van der Waals surface area contributed by atoms with Gasteiger partial charge < -0.3 is 10.6 Å². The second-order valence-electron chi connectivity index (χ2n) is 4.25. The fourth-order valence-electron chi connectivity index (χ4n) is 1.81. The Balaban J connectivity index is 1.92. The lowest BCUT2D eigenvalue weighted by molar-refractivity contribution is 0.971. The molecule has 2 heterocycles. The van der Waals surface area contributed by atoms with Crippen molar-refractivity contribution in [2.75, 3.05) is 23.7 Å². The summed E-state index contributed by atoms with van der Waals surface area (Å²) >= 11 is 0. The van der Waals surface area contributed by atoms with Crippen LogP contribution in [0.1, 0.15) is 18.3 Å². The summed E-state index contributed by atoms with van der Waals surface area (Å²) in [5, 5.41) is 6.51. The van der Waals surface area contributed by atoms with E-state index < -0.39 is 0 Å². The molecule has 0 fully saturated rings. The third-order valence-corrected chi connectivity index (χ3v) is 2.64. The van der Waals surface area contributed by atoms with Crippen molar-refractivity contribution < 1.29 is 0 Å². The van der Waals surface area contributed by atoms with Crippen molar-refractivity contribution >= 4 is 11.6 Å². The summed E-state index contributed by atoms with van der Waals surface area (Å²) in [4.78, 5) is 12.8. The fourth-order valence-corrected chi connectivity index (χ4v) is 1.81. The van der Waals surface area contributed by atoms with Crippen molar-refractivity contribution in [1.29, 1.82) is 0 Å². The highest BCUT2D eigenvalue weighted by Crippen LogP contribution is 2.10. The molecule has 19 heavy (non-hydrogen) atoms. The van der Waals surface area contributed by atoms with Crippen molar-refractivity contribution in [3.05, 3.63) is 42.0 Å². The molecule has 5 heteroatoms. The minimum atomic E-state index is 0.766. The number of nitrogens with one attached hydrogen (secondary N) is 2. The van der Waals surface area contributed by atoms with E-state index in [1.165, 1.54) is 5.56 Å². The fraction of sp³-hybridized carbons (Fsp3) is 0.357. The minimum absolute atomic E-state index is 0.766. The maximum absolute atomic E-state index is 4.37. The molecule has 2 aromatic rings. The monoisotopic (exact) mass is 257 g/mol. The molecule has 0 unspecified atom stereocenters. The van der Waals surface area contributed by atoms with Gasteiger partial charge in [0.05, 0.1) is 0 Å². The Labute approximate surface area is 113 Å². The van der Waals surface area contributed by atoms with Crippen molar-refractivity contribution in [1.82, 2.24) is 15.0 Å². The number of aryl methyl sites for hydroxylation is 1. The summed E-state index contributed by atoms with van der Waals surface area (Å²) in [5.74, 6) is 2.48. The topological polar surface area (TPSA) is 62.7 Å². The number of rotatable bonds is 6. The summed E-state index contributed by atoms with van der Waals surface area (Å²) in [7, 11) is 0. The van der Waals surface area contributed by atoms with Crippen LogP contribution in [0.15, 0.2) is 30.6 Å². The zero-order valence-electron chi connectivity index (χ0n) is 11.3. The molecule has 0 aliphatic heterocycles. The third-order valence-electron chi connectivity index (χ3n) is 2.64. The number of hydrogen-bond donors (Lipinski definition) is 2. The number of hydrogen-bond acceptors (Lipinski definition) is 5. The average molecular weight is 257 g/mol. The predicted molar refractivity (Wildman–Crippen MR) is 77.4 cm³/mol. The van der Waals surface area contributed by atoms with Crippen LogP contribution in [0.25, 0.3) is 0 Å². The Morgan fingerprint density at radius 2 is 1.95 bits per heavy atom.